The van der Waals surface area contributed by atoms with Crippen molar-refractivity contribution in [2.45, 2.75) is 69.7 Å². The molecule has 0 unspecified atom stereocenters. The number of benzene rings is 1. The number of methoxy groups -OCH3 is 2. The molecule has 0 aliphatic carbocycles. The van der Waals surface area contributed by atoms with Gasteiger partial charge in [0.15, 0.2) is 0 Å². The zero-order valence-corrected chi connectivity index (χ0v) is 15.5. The van der Waals surface area contributed by atoms with E-state index in [1.54, 1.807) is 26.4 Å². The van der Waals surface area contributed by atoms with Crippen molar-refractivity contribution in [3.8, 4) is 0 Å². The van der Waals surface area contributed by atoms with E-state index < -0.39 is 0 Å². The van der Waals surface area contributed by atoms with Gasteiger partial charge in [0.2, 0.25) is 0 Å². The Hall–Kier alpha value is -1.01. The van der Waals surface area contributed by atoms with Crippen LogP contribution in [0.25, 0.3) is 0 Å². The predicted molar refractivity (Wildman–Crippen MR) is 92.9 cm³/mol. The van der Waals surface area contributed by atoms with E-state index in [9.17, 15) is 4.39 Å². The van der Waals surface area contributed by atoms with E-state index in [1.807, 2.05) is 6.07 Å². The molecule has 5 atom stereocenters. The lowest BCUT2D eigenvalue weighted by Crippen LogP contribution is -2.52. The SMILES string of the molecule is CCC(CC)(OC)[C@H]1C[C@H]2O[C@@H]1[C@H](OCc1ccccc1F)[C@@H]2OC. The van der Waals surface area contributed by atoms with Gasteiger partial charge in [0.25, 0.3) is 0 Å². The van der Waals surface area contributed by atoms with Crippen molar-refractivity contribution in [1.82, 2.24) is 0 Å². The Labute approximate surface area is 149 Å². The lowest BCUT2D eigenvalue weighted by Gasteiger charge is -2.42. The predicted octanol–water partition coefficient (Wildman–Crippen LogP) is 3.72. The van der Waals surface area contributed by atoms with Crippen molar-refractivity contribution in [3.05, 3.63) is 35.6 Å². The molecule has 0 N–H and O–H groups in total. The van der Waals surface area contributed by atoms with Crippen LogP contribution in [-0.2, 0) is 25.6 Å². The molecule has 2 aliphatic heterocycles. The van der Waals surface area contributed by atoms with Gasteiger partial charge in [0, 0.05) is 25.7 Å². The van der Waals surface area contributed by atoms with Crippen LogP contribution >= 0.6 is 0 Å². The summed E-state index contributed by atoms with van der Waals surface area (Å²) in [5.74, 6) is 0.0139. The summed E-state index contributed by atoms with van der Waals surface area (Å²) in [5.41, 5.74) is 0.346. The van der Waals surface area contributed by atoms with Crippen LogP contribution in [0.1, 0.15) is 38.7 Å². The van der Waals surface area contributed by atoms with Crippen LogP contribution in [0, 0.1) is 11.7 Å². The van der Waals surface area contributed by atoms with Gasteiger partial charge in [-0.05, 0) is 25.3 Å². The molecule has 1 aromatic rings. The van der Waals surface area contributed by atoms with E-state index in [0.717, 1.165) is 19.3 Å². The smallest absolute Gasteiger partial charge is 0.128 e. The molecule has 0 aromatic heterocycles. The molecule has 2 aliphatic rings. The molecule has 140 valence electrons. The number of fused-ring (bicyclic) bond motifs is 2. The molecule has 2 bridgehead atoms. The van der Waals surface area contributed by atoms with Gasteiger partial charge in [-0.3, -0.25) is 0 Å². The number of hydrogen-bond donors (Lipinski definition) is 0. The van der Waals surface area contributed by atoms with Crippen LogP contribution in [0.15, 0.2) is 24.3 Å². The van der Waals surface area contributed by atoms with E-state index in [0.29, 0.717) is 5.56 Å². The van der Waals surface area contributed by atoms with Crippen molar-refractivity contribution >= 4 is 0 Å². The second-order valence-electron chi connectivity index (χ2n) is 7.02. The fraction of sp³-hybridized carbons (Fsp3) is 0.700. The van der Waals surface area contributed by atoms with Crippen LogP contribution in [0.5, 0.6) is 0 Å². The highest BCUT2D eigenvalue weighted by molar-refractivity contribution is 5.17. The van der Waals surface area contributed by atoms with E-state index in [-0.39, 0.29) is 48.4 Å². The first kappa shape index (κ1) is 18.8. The van der Waals surface area contributed by atoms with Crippen molar-refractivity contribution in [1.29, 1.82) is 0 Å². The number of ether oxygens (including phenoxy) is 4. The van der Waals surface area contributed by atoms with Crippen LogP contribution < -0.4 is 0 Å². The van der Waals surface area contributed by atoms with Gasteiger partial charge in [-0.25, -0.2) is 4.39 Å². The molecule has 3 rings (SSSR count). The zero-order chi connectivity index (χ0) is 18.0. The first-order valence-electron chi connectivity index (χ1n) is 9.18. The maximum absolute atomic E-state index is 13.9. The normalized spacial score (nSPS) is 31.6. The van der Waals surface area contributed by atoms with Gasteiger partial charge in [-0.15, -0.1) is 0 Å². The van der Waals surface area contributed by atoms with Gasteiger partial charge in [-0.2, -0.15) is 0 Å². The minimum atomic E-state index is -0.245. The van der Waals surface area contributed by atoms with E-state index in [2.05, 4.69) is 13.8 Å². The summed E-state index contributed by atoms with van der Waals surface area (Å²) in [5, 5.41) is 0. The number of hydrogen-bond acceptors (Lipinski definition) is 4. The highest BCUT2D eigenvalue weighted by atomic mass is 19.1. The molecule has 0 spiro atoms. The van der Waals surface area contributed by atoms with Gasteiger partial charge >= 0.3 is 0 Å². The van der Waals surface area contributed by atoms with E-state index in [4.69, 9.17) is 18.9 Å². The second-order valence-corrected chi connectivity index (χ2v) is 7.02. The Bertz CT molecular complexity index is 566. The maximum atomic E-state index is 13.9. The summed E-state index contributed by atoms with van der Waals surface area (Å²) < 4.78 is 37.8. The van der Waals surface area contributed by atoms with Crippen LogP contribution in [-0.4, -0.2) is 44.2 Å². The van der Waals surface area contributed by atoms with Crippen molar-refractivity contribution in [2.75, 3.05) is 14.2 Å². The first-order valence-corrected chi connectivity index (χ1v) is 9.18. The Balaban J connectivity index is 1.77. The van der Waals surface area contributed by atoms with Crippen LogP contribution in [0.4, 0.5) is 4.39 Å². The molecule has 2 saturated heterocycles. The van der Waals surface area contributed by atoms with E-state index in [1.165, 1.54) is 6.07 Å². The topological polar surface area (TPSA) is 36.9 Å². The van der Waals surface area contributed by atoms with Crippen LogP contribution in [0.2, 0.25) is 0 Å². The third-order valence-corrected chi connectivity index (χ3v) is 6.17. The summed E-state index contributed by atoms with van der Waals surface area (Å²) in [6, 6.07) is 6.71. The fourth-order valence-electron chi connectivity index (χ4n) is 4.66. The Morgan fingerprint density at radius 1 is 1.16 bits per heavy atom. The van der Waals surface area contributed by atoms with Gasteiger partial charge in [0.1, 0.15) is 18.0 Å². The molecule has 0 amide bonds. The molecule has 2 heterocycles. The van der Waals surface area contributed by atoms with E-state index >= 15 is 0 Å². The molecule has 5 heteroatoms. The highest BCUT2D eigenvalue weighted by Crippen LogP contribution is 2.49. The minimum Gasteiger partial charge on any atom is -0.378 e. The lowest BCUT2D eigenvalue weighted by molar-refractivity contribution is -0.132. The van der Waals surface area contributed by atoms with Gasteiger partial charge in [-0.1, -0.05) is 32.0 Å². The summed E-state index contributed by atoms with van der Waals surface area (Å²) in [4.78, 5) is 0. The molecular formula is C20H29FO4. The highest BCUT2D eigenvalue weighted by Gasteiger charge is 2.60. The lowest BCUT2D eigenvalue weighted by atomic mass is 9.72. The molecule has 0 saturated carbocycles. The number of halogens is 1. The first-order chi connectivity index (χ1) is 12.1. The van der Waals surface area contributed by atoms with Crippen molar-refractivity contribution < 1.29 is 23.3 Å². The molecule has 4 nitrogen and oxygen atoms in total. The minimum absolute atomic E-state index is 0.0123. The molecular weight excluding hydrogens is 323 g/mol. The standard InChI is InChI=1S/C20H29FO4/c1-5-20(6-2,23-4)14-11-16-18(22-3)19(17(14)25-16)24-12-13-9-7-8-10-15(13)21/h7-10,14,16-19H,5-6,11-12H2,1-4H3/t14-,16+,17-,18+,19-/m0/s1. The summed E-state index contributed by atoms with van der Waals surface area (Å²) >= 11 is 0. The Kier molecular flexibility index (Phi) is 5.78. The summed E-state index contributed by atoms with van der Waals surface area (Å²) in [7, 11) is 3.47. The molecule has 25 heavy (non-hydrogen) atoms. The quantitative estimate of drug-likeness (QED) is 0.715. The van der Waals surface area contributed by atoms with Gasteiger partial charge in [0.05, 0.1) is 24.4 Å². The summed E-state index contributed by atoms with van der Waals surface area (Å²) in [6.07, 6.45) is 2.37. The third kappa shape index (κ3) is 3.23. The summed E-state index contributed by atoms with van der Waals surface area (Å²) in [6.45, 7) is 4.53. The number of rotatable bonds is 8. The van der Waals surface area contributed by atoms with Crippen molar-refractivity contribution in [3.63, 3.8) is 0 Å². The second kappa shape index (κ2) is 7.70. The van der Waals surface area contributed by atoms with Crippen LogP contribution in [0.3, 0.4) is 0 Å². The Morgan fingerprint density at radius 2 is 1.88 bits per heavy atom. The monoisotopic (exact) mass is 352 g/mol. The molecule has 1 aromatic carbocycles. The maximum Gasteiger partial charge on any atom is 0.128 e. The third-order valence-electron chi connectivity index (χ3n) is 6.17. The zero-order valence-electron chi connectivity index (χ0n) is 15.5. The Morgan fingerprint density at radius 3 is 2.48 bits per heavy atom. The molecule has 2 fully saturated rings. The largest absolute Gasteiger partial charge is 0.378 e. The van der Waals surface area contributed by atoms with Crippen molar-refractivity contribution in [2.24, 2.45) is 5.92 Å². The fourth-order valence-corrected chi connectivity index (χ4v) is 4.66. The molecule has 0 radical (unpaired) electrons. The average Bonchev–Trinajstić information content (AvgIpc) is 3.21. The average molecular weight is 352 g/mol. The van der Waals surface area contributed by atoms with Gasteiger partial charge < -0.3 is 18.9 Å².